The van der Waals surface area contributed by atoms with Gasteiger partial charge < -0.3 is 25.2 Å². The van der Waals surface area contributed by atoms with Gasteiger partial charge in [0.1, 0.15) is 24.2 Å². The molecule has 8 heteroatoms. The molecule has 1 aliphatic heterocycles. The van der Waals surface area contributed by atoms with Crippen molar-refractivity contribution < 1.29 is 28.6 Å². The van der Waals surface area contributed by atoms with Crippen molar-refractivity contribution in [2.45, 2.75) is 37.8 Å². The fraction of sp³-hybridized carbons (Fsp3) is 0.231. The number of amides is 2. The monoisotopic (exact) mass is 464 g/mol. The van der Waals surface area contributed by atoms with E-state index in [4.69, 9.17) is 9.47 Å². The Morgan fingerprint density at radius 2 is 1.71 bits per heavy atom. The fourth-order valence-electron chi connectivity index (χ4n) is 3.74. The van der Waals surface area contributed by atoms with Crippen LogP contribution in [-0.2, 0) is 29.0 Å². The number of fused-ring (bicyclic) bond motifs is 1. The number of aliphatic hydroxyl groups is 1. The summed E-state index contributed by atoms with van der Waals surface area (Å²) in [5.41, 5.74) is 2.18. The number of rotatable bonds is 7. The minimum Gasteiger partial charge on any atom is -0.463 e. The van der Waals surface area contributed by atoms with Gasteiger partial charge >= 0.3 is 6.09 Å². The number of hydrogen-bond donors (Lipinski definition) is 3. The van der Waals surface area contributed by atoms with Crippen LogP contribution in [0.4, 0.5) is 9.18 Å². The van der Waals surface area contributed by atoms with E-state index in [1.165, 1.54) is 18.2 Å². The highest BCUT2D eigenvalue weighted by molar-refractivity contribution is 5.86. The van der Waals surface area contributed by atoms with Gasteiger partial charge in [0.05, 0.1) is 6.04 Å². The van der Waals surface area contributed by atoms with E-state index in [0.717, 1.165) is 11.1 Å². The molecular formula is C26H25FN2O5. The molecule has 0 radical (unpaired) electrons. The van der Waals surface area contributed by atoms with Crippen molar-refractivity contribution in [3.8, 4) is 5.75 Å². The van der Waals surface area contributed by atoms with Gasteiger partial charge in [0, 0.05) is 12.8 Å². The third-order valence-corrected chi connectivity index (χ3v) is 5.49. The average Bonchev–Trinajstić information content (AvgIpc) is 2.84. The van der Waals surface area contributed by atoms with Gasteiger partial charge in [0.2, 0.25) is 12.2 Å². The lowest BCUT2D eigenvalue weighted by atomic mass is 10.00. The molecule has 3 atom stereocenters. The highest BCUT2D eigenvalue weighted by Crippen LogP contribution is 2.27. The van der Waals surface area contributed by atoms with E-state index in [1.807, 2.05) is 60.7 Å². The minimum atomic E-state index is -1.32. The largest absolute Gasteiger partial charge is 0.463 e. The standard InChI is InChI=1S/C26H25FN2O5/c27-20-11-12-23-19(14-20)15-22(25(31)34-23)28-24(30)21(13-17-7-3-1-4-8-17)29-26(32)33-16-18-9-5-2-6-10-18/h1-12,14,21-22,25,31H,13,15-16H2,(H,28,30)(H,29,32)/t21-,22-,25?/m0/s1. The van der Waals surface area contributed by atoms with Gasteiger partial charge in [-0.05, 0) is 34.9 Å². The van der Waals surface area contributed by atoms with E-state index < -0.39 is 36.2 Å². The number of nitrogens with one attached hydrogen (secondary N) is 2. The van der Waals surface area contributed by atoms with Gasteiger partial charge in [-0.3, -0.25) is 4.79 Å². The Kier molecular flexibility index (Phi) is 7.39. The highest BCUT2D eigenvalue weighted by atomic mass is 19.1. The summed E-state index contributed by atoms with van der Waals surface area (Å²) in [6, 6.07) is 20.6. The number of alkyl carbamates (subject to hydrolysis) is 1. The van der Waals surface area contributed by atoms with Crippen molar-refractivity contribution in [2.24, 2.45) is 0 Å². The van der Waals surface area contributed by atoms with Crippen molar-refractivity contribution >= 4 is 12.0 Å². The smallest absolute Gasteiger partial charge is 0.408 e. The maximum atomic E-state index is 13.6. The Hall–Kier alpha value is -3.91. The van der Waals surface area contributed by atoms with Gasteiger partial charge in [-0.2, -0.15) is 0 Å². The lowest BCUT2D eigenvalue weighted by Crippen LogP contribution is -2.56. The summed E-state index contributed by atoms with van der Waals surface area (Å²) < 4.78 is 24.3. The topological polar surface area (TPSA) is 96.9 Å². The lowest BCUT2D eigenvalue weighted by Gasteiger charge is -2.32. The Labute approximate surface area is 196 Å². The highest BCUT2D eigenvalue weighted by Gasteiger charge is 2.32. The zero-order chi connectivity index (χ0) is 23.9. The quantitative estimate of drug-likeness (QED) is 0.499. The number of halogens is 1. The van der Waals surface area contributed by atoms with Crippen LogP contribution in [0, 0.1) is 5.82 Å². The van der Waals surface area contributed by atoms with Crippen LogP contribution < -0.4 is 15.4 Å². The molecular weight excluding hydrogens is 439 g/mol. The van der Waals surface area contributed by atoms with E-state index in [2.05, 4.69) is 10.6 Å². The van der Waals surface area contributed by atoms with Gasteiger partial charge in [0.25, 0.3) is 0 Å². The van der Waals surface area contributed by atoms with Gasteiger partial charge in [-0.25, -0.2) is 9.18 Å². The minimum absolute atomic E-state index is 0.0594. The van der Waals surface area contributed by atoms with Crippen LogP contribution in [0.3, 0.4) is 0 Å². The molecule has 0 saturated carbocycles. The lowest BCUT2D eigenvalue weighted by molar-refractivity contribution is -0.128. The fourth-order valence-corrected chi connectivity index (χ4v) is 3.74. The summed E-state index contributed by atoms with van der Waals surface area (Å²) in [4.78, 5) is 25.6. The van der Waals surface area contributed by atoms with Crippen LogP contribution in [0.15, 0.2) is 78.9 Å². The van der Waals surface area contributed by atoms with E-state index in [1.54, 1.807) is 0 Å². The Balaban J connectivity index is 1.43. The van der Waals surface area contributed by atoms with Crippen LogP contribution in [0.5, 0.6) is 5.75 Å². The number of carbonyl (C=O) groups excluding carboxylic acids is 2. The van der Waals surface area contributed by atoms with Crippen LogP contribution in [0.1, 0.15) is 16.7 Å². The van der Waals surface area contributed by atoms with Crippen molar-refractivity contribution in [3.05, 3.63) is 101 Å². The summed E-state index contributed by atoms with van der Waals surface area (Å²) >= 11 is 0. The normalized spacial score (nSPS) is 17.6. The molecule has 3 aromatic carbocycles. The number of hydrogen-bond acceptors (Lipinski definition) is 5. The maximum absolute atomic E-state index is 13.6. The molecule has 1 aliphatic rings. The molecule has 3 aromatic rings. The molecule has 176 valence electrons. The molecule has 4 rings (SSSR count). The van der Waals surface area contributed by atoms with Crippen molar-refractivity contribution in [1.29, 1.82) is 0 Å². The van der Waals surface area contributed by atoms with Crippen molar-refractivity contribution in [1.82, 2.24) is 10.6 Å². The number of aliphatic hydroxyl groups excluding tert-OH is 1. The van der Waals surface area contributed by atoms with E-state index in [0.29, 0.717) is 11.3 Å². The van der Waals surface area contributed by atoms with Gasteiger partial charge in [0.15, 0.2) is 0 Å². The molecule has 0 spiro atoms. The molecule has 1 heterocycles. The van der Waals surface area contributed by atoms with Crippen LogP contribution in [-0.4, -0.2) is 35.5 Å². The molecule has 34 heavy (non-hydrogen) atoms. The zero-order valence-electron chi connectivity index (χ0n) is 18.3. The summed E-state index contributed by atoms with van der Waals surface area (Å²) in [5.74, 6) is -0.593. The first-order valence-corrected chi connectivity index (χ1v) is 10.9. The second kappa shape index (κ2) is 10.8. The number of carbonyl (C=O) groups is 2. The predicted molar refractivity (Wildman–Crippen MR) is 122 cm³/mol. The Morgan fingerprint density at radius 3 is 2.41 bits per heavy atom. The summed E-state index contributed by atoms with van der Waals surface area (Å²) in [7, 11) is 0. The first-order chi connectivity index (χ1) is 16.5. The van der Waals surface area contributed by atoms with Gasteiger partial charge in [-0.15, -0.1) is 0 Å². The van der Waals surface area contributed by atoms with Crippen LogP contribution >= 0.6 is 0 Å². The Bertz CT molecular complexity index is 1130. The first-order valence-electron chi connectivity index (χ1n) is 10.9. The molecule has 0 aliphatic carbocycles. The van der Waals surface area contributed by atoms with E-state index in [-0.39, 0.29) is 19.4 Å². The predicted octanol–water partition coefficient (Wildman–Crippen LogP) is 3.10. The van der Waals surface area contributed by atoms with E-state index in [9.17, 15) is 19.1 Å². The maximum Gasteiger partial charge on any atom is 0.408 e. The van der Waals surface area contributed by atoms with Crippen molar-refractivity contribution in [2.75, 3.05) is 0 Å². The molecule has 2 amide bonds. The van der Waals surface area contributed by atoms with Crippen LogP contribution in [0.25, 0.3) is 0 Å². The second-order valence-electron chi connectivity index (χ2n) is 8.03. The molecule has 0 aromatic heterocycles. The Morgan fingerprint density at radius 1 is 1.03 bits per heavy atom. The zero-order valence-corrected chi connectivity index (χ0v) is 18.3. The van der Waals surface area contributed by atoms with Crippen LogP contribution in [0.2, 0.25) is 0 Å². The number of ether oxygens (including phenoxy) is 2. The third-order valence-electron chi connectivity index (χ3n) is 5.49. The number of benzene rings is 3. The molecule has 0 fully saturated rings. The SMILES string of the molecule is O=C(N[C@@H](Cc1ccccc1)C(=O)N[C@H]1Cc2cc(F)ccc2OC1O)OCc1ccccc1. The molecule has 1 unspecified atom stereocenters. The molecule has 0 saturated heterocycles. The third kappa shape index (κ3) is 6.11. The molecule has 0 bridgehead atoms. The first kappa shape index (κ1) is 23.3. The average molecular weight is 464 g/mol. The molecule has 7 nitrogen and oxygen atoms in total. The summed E-state index contributed by atoms with van der Waals surface area (Å²) in [5, 5.41) is 15.7. The summed E-state index contributed by atoms with van der Waals surface area (Å²) in [6.45, 7) is 0.0594. The van der Waals surface area contributed by atoms with E-state index >= 15 is 0 Å². The van der Waals surface area contributed by atoms with Crippen molar-refractivity contribution in [3.63, 3.8) is 0 Å². The molecule has 3 N–H and O–H groups in total. The van der Waals surface area contributed by atoms with Gasteiger partial charge in [-0.1, -0.05) is 60.7 Å². The summed E-state index contributed by atoms with van der Waals surface area (Å²) in [6.07, 6.45) is -1.67. The second-order valence-corrected chi connectivity index (χ2v) is 8.03.